The molecule has 3 heterocycles. The van der Waals surface area contributed by atoms with Crippen LogP contribution in [-0.2, 0) is 9.53 Å². The highest BCUT2D eigenvalue weighted by atomic mass is 35.5. The number of hydrogen-bond acceptors (Lipinski definition) is 8. The molecule has 37 heavy (non-hydrogen) atoms. The van der Waals surface area contributed by atoms with Crippen molar-refractivity contribution in [3.63, 3.8) is 0 Å². The van der Waals surface area contributed by atoms with Crippen LogP contribution in [0, 0.1) is 0 Å². The van der Waals surface area contributed by atoms with Crippen molar-refractivity contribution in [2.45, 2.75) is 13.0 Å². The standard InChI is InChI=1S/C27H19ClN2O6S/c1-15-22(26(33)34-2)23(17-7-11-19(12-8-17)36-25(32)20-4-3-13-35-20)30-24(31)21(37-27(30)29-15)14-16-5-9-18(28)10-6-16/h3-14,23H,1-2H3/b21-14-/t23-/m1/s1. The molecule has 1 atom stereocenters. The van der Waals surface area contributed by atoms with Crippen molar-refractivity contribution in [3.8, 4) is 5.75 Å². The van der Waals surface area contributed by atoms with E-state index in [1.807, 2.05) is 12.1 Å². The van der Waals surface area contributed by atoms with Crippen LogP contribution in [0.4, 0.5) is 0 Å². The van der Waals surface area contributed by atoms with E-state index in [0.717, 1.165) is 5.56 Å². The van der Waals surface area contributed by atoms with Gasteiger partial charge >= 0.3 is 11.9 Å². The van der Waals surface area contributed by atoms with Gasteiger partial charge in [-0.25, -0.2) is 14.6 Å². The number of aromatic nitrogens is 1. The van der Waals surface area contributed by atoms with Gasteiger partial charge in [-0.1, -0.05) is 47.2 Å². The molecule has 0 saturated carbocycles. The highest BCUT2D eigenvalue weighted by Crippen LogP contribution is 2.31. The number of fused-ring (bicyclic) bond motifs is 1. The van der Waals surface area contributed by atoms with Crippen LogP contribution in [0.25, 0.3) is 6.08 Å². The van der Waals surface area contributed by atoms with Crippen LogP contribution in [0.5, 0.6) is 5.75 Å². The van der Waals surface area contributed by atoms with E-state index in [2.05, 4.69) is 4.99 Å². The van der Waals surface area contributed by atoms with Gasteiger partial charge in [0, 0.05) is 5.02 Å². The number of hydrogen-bond donors (Lipinski definition) is 0. The zero-order valence-corrected chi connectivity index (χ0v) is 21.2. The van der Waals surface area contributed by atoms with Crippen LogP contribution >= 0.6 is 22.9 Å². The molecule has 1 aliphatic heterocycles. The number of benzene rings is 2. The third-order valence-electron chi connectivity index (χ3n) is 5.72. The van der Waals surface area contributed by atoms with E-state index in [1.54, 1.807) is 55.5 Å². The van der Waals surface area contributed by atoms with Gasteiger partial charge in [-0.05, 0) is 60.5 Å². The number of carbonyl (C=O) groups excluding carboxylic acids is 2. The Morgan fingerprint density at radius 2 is 1.81 bits per heavy atom. The van der Waals surface area contributed by atoms with Crippen molar-refractivity contribution < 1.29 is 23.5 Å². The fourth-order valence-corrected chi connectivity index (χ4v) is 5.16. The van der Waals surface area contributed by atoms with Crippen LogP contribution in [0.2, 0.25) is 5.02 Å². The largest absolute Gasteiger partial charge is 0.466 e. The molecule has 0 amide bonds. The number of furan rings is 1. The maximum Gasteiger partial charge on any atom is 0.379 e. The number of rotatable bonds is 5. The van der Waals surface area contributed by atoms with Crippen molar-refractivity contribution >= 4 is 41.0 Å². The zero-order valence-electron chi connectivity index (χ0n) is 19.6. The molecular weight excluding hydrogens is 516 g/mol. The summed E-state index contributed by atoms with van der Waals surface area (Å²) in [6.45, 7) is 1.70. The maximum absolute atomic E-state index is 13.6. The Morgan fingerprint density at radius 1 is 1.08 bits per heavy atom. The Morgan fingerprint density at radius 3 is 2.46 bits per heavy atom. The van der Waals surface area contributed by atoms with Gasteiger partial charge in [0.15, 0.2) is 4.80 Å². The number of nitrogens with zero attached hydrogens (tertiary/aromatic N) is 2. The van der Waals surface area contributed by atoms with E-state index < -0.39 is 18.0 Å². The zero-order chi connectivity index (χ0) is 26.1. The van der Waals surface area contributed by atoms with Crippen molar-refractivity contribution in [1.29, 1.82) is 0 Å². The number of halogens is 1. The summed E-state index contributed by atoms with van der Waals surface area (Å²) >= 11 is 7.21. The van der Waals surface area contributed by atoms with Crippen LogP contribution in [0.1, 0.15) is 34.6 Å². The SMILES string of the molecule is COC(=O)C1=C(C)N=c2s/c(=C\c3ccc(Cl)cc3)c(=O)n2[C@@H]1c1ccc(OC(=O)c2ccco2)cc1. The summed E-state index contributed by atoms with van der Waals surface area (Å²) in [7, 11) is 1.28. The molecule has 0 saturated heterocycles. The Kier molecular flexibility index (Phi) is 6.64. The van der Waals surface area contributed by atoms with Crippen molar-refractivity contribution in [2.24, 2.45) is 4.99 Å². The Balaban J connectivity index is 1.58. The molecule has 4 aromatic rings. The Labute approximate surface area is 219 Å². The molecule has 2 aromatic heterocycles. The second-order valence-corrected chi connectivity index (χ2v) is 9.51. The summed E-state index contributed by atoms with van der Waals surface area (Å²) in [5.41, 5.74) is 1.81. The van der Waals surface area contributed by atoms with E-state index in [4.69, 9.17) is 25.5 Å². The first-order valence-corrected chi connectivity index (χ1v) is 12.3. The second-order valence-electron chi connectivity index (χ2n) is 8.06. The summed E-state index contributed by atoms with van der Waals surface area (Å²) in [6, 6.07) is 16.0. The number of methoxy groups -OCH3 is 1. The van der Waals surface area contributed by atoms with Crippen LogP contribution in [0.3, 0.4) is 0 Å². The first-order chi connectivity index (χ1) is 17.9. The molecule has 2 aromatic carbocycles. The minimum Gasteiger partial charge on any atom is -0.466 e. The van der Waals surface area contributed by atoms with Gasteiger partial charge in [-0.15, -0.1) is 0 Å². The molecule has 5 rings (SSSR count). The number of carbonyl (C=O) groups is 2. The van der Waals surface area contributed by atoms with Gasteiger partial charge in [0.2, 0.25) is 5.76 Å². The number of ether oxygens (including phenoxy) is 2. The molecular formula is C27H19ClN2O6S. The molecule has 0 N–H and O–H groups in total. The predicted octanol–water partition coefficient (Wildman–Crippen LogP) is 3.87. The van der Waals surface area contributed by atoms with Crippen LogP contribution in [0.15, 0.2) is 92.4 Å². The molecule has 0 fully saturated rings. The average Bonchev–Trinajstić information content (AvgIpc) is 3.54. The molecule has 1 aliphatic rings. The van der Waals surface area contributed by atoms with Crippen molar-refractivity contribution in [2.75, 3.05) is 7.11 Å². The number of esters is 2. The van der Waals surface area contributed by atoms with Gasteiger partial charge < -0.3 is 13.9 Å². The lowest BCUT2D eigenvalue weighted by Crippen LogP contribution is -2.39. The predicted molar refractivity (Wildman–Crippen MR) is 137 cm³/mol. The monoisotopic (exact) mass is 534 g/mol. The normalized spacial score (nSPS) is 15.2. The molecule has 10 heteroatoms. The summed E-state index contributed by atoms with van der Waals surface area (Å²) < 4.78 is 17.4. The summed E-state index contributed by atoms with van der Waals surface area (Å²) in [5, 5.41) is 0.593. The minimum atomic E-state index is -0.786. The molecule has 0 aliphatic carbocycles. The molecule has 0 radical (unpaired) electrons. The van der Waals surface area contributed by atoms with Gasteiger partial charge in [-0.2, -0.15) is 0 Å². The fourth-order valence-electron chi connectivity index (χ4n) is 3.99. The van der Waals surface area contributed by atoms with E-state index in [9.17, 15) is 14.4 Å². The molecule has 0 bridgehead atoms. The topological polar surface area (TPSA) is 100 Å². The smallest absolute Gasteiger partial charge is 0.379 e. The van der Waals surface area contributed by atoms with Gasteiger partial charge in [0.1, 0.15) is 5.75 Å². The van der Waals surface area contributed by atoms with E-state index in [-0.39, 0.29) is 22.6 Å². The first kappa shape index (κ1) is 24.5. The maximum atomic E-state index is 13.6. The molecule has 0 spiro atoms. The van der Waals surface area contributed by atoms with Gasteiger partial charge in [-0.3, -0.25) is 9.36 Å². The first-order valence-electron chi connectivity index (χ1n) is 11.1. The number of thiazole rings is 1. The van der Waals surface area contributed by atoms with E-state index in [1.165, 1.54) is 35.3 Å². The fraction of sp³-hybridized carbons (Fsp3) is 0.111. The lowest BCUT2D eigenvalue weighted by molar-refractivity contribution is -0.136. The van der Waals surface area contributed by atoms with Crippen molar-refractivity contribution in [3.05, 3.63) is 120 Å². The lowest BCUT2D eigenvalue weighted by atomic mass is 9.96. The highest BCUT2D eigenvalue weighted by molar-refractivity contribution is 7.07. The van der Waals surface area contributed by atoms with Crippen molar-refractivity contribution in [1.82, 2.24) is 4.57 Å². The van der Waals surface area contributed by atoms with Gasteiger partial charge in [0.25, 0.3) is 5.56 Å². The lowest BCUT2D eigenvalue weighted by Gasteiger charge is -2.24. The number of allylic oxidation sites excluding steroid dienone is 1. The second kappa shape index (κ2) is 10.0. The molecule has 0 unspecified atom stereocenters. The average molecular weight is 535 g/mol. The molecule has 186 valence electrons. The van der Waals surface area contributed by atoms with Crippen LogP contribution in [-0.4, -0.2) is 23.6 Å². The third-order valence-corrected chi connectivity index (χ3v) is 6.96. The molecule has 8 nitrogen and oxygen atoms in total. The summed E-state index contributed by atoms with van der Waals surface area (Å²) in [4.78, 5) is 43.6. The Bertz CT molecular complexity index is 1700. The summed E-state index contributed by atoms with van der Waals surface area (Å²) in [6.07, 6.45) is 3.14. The van der Waals surface area contributed by atoms with Crippen LogP contribution < -0.4 is 19.6 Å². The highest BCUT2D eigenvalue weighted by Gasteiger charge is 2.33. The van der Waals surface area contributed by atoms with E-state index >= 15 is 0 Å². The van der Waals surface area contributed by atoms with Gasteiger partial charge in [0.05, 0.1) is 35.2 Å². The summed E-state index contributed by atoms with van der Waals surface area (Å²) in [5.74, 6) is -0.880. The quantitative estimate of drug-likeness (QED) is 0.285. The van der Waals surface area contributed by atoms with E-state index in [0.29, 0.717) is 25.6 Å². The minimum absolute atomic E-state index is 0.0726. The Hall–Kier alpha value is -4.21. The third kappa shape index (κ3) is 4.78.